The number of benzene rings is 9. The van der Waals surface area contributed by atoms with Crippen LogP contribution in [0.3, 0.4) is 0 Å². The number of rotatable bonds is 2. The van der Waals surface area contributed by atoms with Gasteiger partial charge in [0.1, 0.15) is 11.2 Å². The average Bonchev–Trinajstić information content (AvgIpc) is 3.84. The van der Waals surface area contributed by atoms with Crippen LogP contribution in [0.1, 0.15) is 25.0 Å². The van der Waals surface area contributed by atoms with Gasteiger partial charge in [0.05, 0.1) is 0 Å². The first-order valence-corrected chi connectivity index (χ1v) is 19.2. The molecule has 0 fully saturated rings. The molecule has 2 heterocycles. The largest absolute Gasteiger partial charge is 0.456 e. The van der Waals surface area contributed by atoms with Gasteiger partial charge in [0.2, 0.25) is 0 Å². The van der Waals surface area contributed by atoms with Gasteiger partial charge in [0.25, 0.3) is 0 Å². The summed E-state index contributed by atoms with van der Waals surface area (Å²) in [5.74, 6) is 0. The molecule has 11 aromatic rings. The molecule has 12 rings (SSSR count). The van der Waals surface area contributed by atoms with Crippen LogP contribution in [0.25, 0.3) is 108 Å². The summed E-state index contributed by atoms with van der Waals surface area (Å²) < 4.78 is 8.88. The van der Waals surface area contributed by atoms with Crippen LogP contribution in [0, 0.1) is 0 Å². The Bertz CT molecular complexity index is 3320. The van der Waals surface area contributed by atoms with Crippen molar-refractivity contribution in [2.75, 3.05) is 0 Å². The van der Waals surface area contributed by atoms with Crippen molar-refractivity contribution in [1.82, 2.24) is 0 Å². The van der Waals surface area contributed by atoms with Gasteiger partial charge < -0.3 is 4.42 Å². The van der Waals surface area contributed by atoms with E-state index >= 15 is 0 Å². The van der Waals surface area contributed by atoms with Gasteiger partial charge in [-0.2, -0.15) is 0 Å². The first-order chi connectivity index (χ1) is 26.0. The topological polar surface area (TPSA) is 13.1 Å². The second kappa shape index (κ2) is 10.4. The summed E-state index contributed by atoms with van der Waals surface area (Å²) in [5.41, 5.74) is 12.5. The third-order valence-corrected chi connectivity index (χ3v) is 13.3. The molecule has 0 N–H and O–H groups in total. The van der Waals surface area contributed by atoms with Gasteiger partial charge in [-0.25, -0.2) is 0 Å². The van der Waals surface area contributed by atoms with Gasteiger partial charge in [0, 0.05) is 41.7 Å². The zero-order valence-corrected chi connectivity index (χ0v) is 30.1. The Balaban J connectivity index is 1.09. The maximum atomic E-state index is 6.25. The van der Waals surface area contributed by atoms with Crippen LogP contribution < -0.4 is 0 Å². The van der Waals surface area contributed by atoms with Crippen LogP contribution in [0.15, 0.2) is 162 Å². The Morgan fingerprint density at radius 2 is 0.981 bits per heavy atom. The highest BCUT2D eigenvalue weighted by Gasteiger charge is 2.35. The molecule has 0 aliphatic heterocycles. The smallest absolute Gasteiger partial charge is 0.136 e. The van der Waals surface area contributed by atoms with Gasteiger partial charge >= 0.3 is 0 Å². The quantitative estimate of drug-likeness (QED) is 0.164. The van der Waals surface area contributed by atoms with Gasteiger partial charge in [-0.05, 0) is 108 Å². The second-order valence-corrected chi connectivity index (χ2v) is 16.2. The molecule has 248 valence electrons. The van der Waals surface area contributed by atoms with Crippen LogP contribution in [-0.2, 0) is 5.41 Å². The summed E-state index contributed by atoms with van der Waals surface area (Å²) >= 11 is 1.89. The molecule has 53 heavy (non-hydrogen) atoms. The number of thiophene rings is 1. The Hall–Kier alpha value is -6.22. The highest BCUT2D eigenvalue weighted by molar-refractivity contribution is 7.26. The van der Waals surface area contributed by atoms with Crippen molar-refractivity contribution in [3.8, 4) is 33.4 Å². The fraction of sp³-hybridized carbons (Fsp3) is 0.0588. The molecule has 9 aromatic carbocycles. The van der Waals surface area contributed by atoms with Crippen molar-refractivity contribution in [2.45, 2.75) is 19.3 Å². The predicted molar refractivity (Wildman–Crippen MR) is 228 cm³/mol. The van der Waals surface area contributed by atoms with E-state index in [0.717, 1.165) is 11.2 Å². The summed E-state index contributed by atoms with van der Waals surface area (Å²) in [6.07, 6.45) is 0. The normalized spacial score (nSPS) is 13.6. The summed E-state index contributed by atoms with van der Waals surface area (Å²) in [5, 5.41) is 12.6. The monoisotopic (exact) mass is 692 g/mol. The van der Waals surface area contributed by atoms with Crippen LogP contribution >= 0.6 is 11.3 Å². The Labute approximate surface area is 310 Å². The standard InChI is InChI=1S/C51H32OS/c1-51(2)42-17-9-7-11-31(42)32-21-19-30(28-43(32)51)48-35-14-5-3-12-33(35)47(34-13-4-6-15-36(34)48)29-20-26-46-41(27-29)39-23-22-37-38(50(39)53-46)24-25-45-49(37)40-16-8-10-18-44(40)52-45/h3-28H,1-2H3. The summed E-state index contributed by atoms with van der Waals surface area (Å²) in [6, 6.07) is 58.6. The van der Waals surface area contributed by atoms with Crippen molar-refractivity contribution >= 4 is 85.8 Å². The Kier molecular flexibility index (Phi) is 5.78. The molecular weight excluding hydrogens is 661 g/mol. The summed E-state index contributed by atoms with van der Waals surface area (Å²) in [7, 11) is 0. The molecule has 1 nitrogen and oxygen atoms in total. The van der Waals surface area contributed by atoms with Gasteiger partial charge in [-0.3, -0.25) is 0 Å². The molecule has 2 aromatic heterocycles. The van der Waals surface area contributed by atoms with Gasteiger partial charge in [-0.1, -0.05) is 135 Å². The molecule has 0 bridgehead atoms. The van der Waals surface area contributed by atoms with Crippen molar-refractivity contribution in [3.05, 3.63) is 169 Å². The number of fused-ring (bicyclic) bond motifs is 14. The van der Waals surface area contributed by atoms with Crippen molar-refractivity contribution < 1.29 is 4.42 Å². The van der Waals surface area contributed by atoms with Crippen molar-refractivity contribution in [1.29, 1.82) is 0 Å². The first-order valence-electron chi connectivity index (χ1n) is 18.4. The minimum Gasteiger partial charge on any atom is -0.456 e. The summed E-state index contributed by atoms with van der Waals surface area (Å²) in [4.78, 5) is 0. The lowest BCUT2D eigenvalue weighted by atomic mass is 9.80. The molecule has 0 spiro atoms. The fourth-order valence-corrected chi connectivity index (χ4v) is 10.8. The Morgan fingerprint density at radius 3 is 1.74 bits per heavy atom. The third-order valence-electron chi connectivity index (χ3n) is 12.1. The molecular formula is C51H32OS. The van der Waals surface area contributed by atoms with Crippen LogP contribution in [0.4, 0.5) is 0 Å². The van der Waals surface area contributed by atoms with Gasteiger partial charge in [-0.15, -0.1) is 11.3 Å². The zero-order chi connectivity index (χ0) is 35.0. The van der Waals surface area contributed by atoms with E-state index in [1.54, 1.807) is 0 Å². The van der Waals surface area contributed by atoms with Crippen LogP contribution in [0.2, 0.25) is 0 Å². The zero-order valence-electron chi connectivity index (χ0n) is 29.3. The molecule has 0 saturated carbocycles. The molecule has 0 atom stereocenters. The van der Waals surface area contributed by atoms with Crippen LogP contribution in [0.5, 0.6) is 0 Å². The molecule has 0 radical (unpaired) electrons. The fourth-order valence-electron chi connectivity index (χ4n) is 9.63. The van der Waals surface area contributed by atoms with E-state index in [-0.39, 0.29) is 5.41 Å². The predicted octanol–water partition coefficient (Wildman–Crippen LogP) is 15.1. The lowest BCUT2D eigenvalue weighted by Gasteiger charge is -2.23. The molecule has 0 amide bonds. The van der Waals surface area contributed by atoms with E-state index in [1.165, 1.54) is 108 Å². The van der Waals surface area contributed by atoms with E-state index in [9.17, 15) is 0 Å². The van der Waals surface area contributed by atoms with Gasteiger partial charge in [0.15, 0.2) is 0 Å². The van der Waals surface area contributed by atoms with Crippen LogP contribution in [-0.4, -0.2) is 0 Å². The maximum absolute atomic E-state index is 6.25. The number of para-hydroxylation sites is 1. The second-order valence-electron chi connectivity index (χ2n) is 15.2. The van der Waals surface area contributed by atoms with E-state index in [4.69, 9.17) is 4.42 Å². The highest BCUT2D eigenvalue weighted by atomic mass is 32.1. The molecule has 1 aliphatic carbocycles. The Morgan fingerprint density at radius 1 is 0.415 bits per heavy atom. The third kappa shape index (κ3) is 3.91. The van der Waals surface area contributed by atoms with Crippen molar-refractivity contribution in [3.63, 3.8) is 0 Å². The lowest BCUT2D eigenvalue weighted by molar-refractivity contribution is 0.660. The number of hydrogen-bond acceptors (Lipinski definition) is 2. The van der Waals surface area contributed by atoms with E-state index < -0.39 is 0 Å². The van der Waals surface area contributed by atoms with E-state index in [2.05, 4.69) is 166 Å². The molecule has 0 saturated heterocycles. The SMILES string of the molecule is CC1(C)c2ccccc2-c2ccc(-c3c4ccccc4c(-c4ccc5sc6c(ccc7c6ccc6oc8ccccc8c67)c5c4)c4ccccc34)cc21. The average molecular weight is 693 g/mol. The van der Waals surface area contributed by atoms with E-state index in [0.29, 0.717) is 0 Å². The van der Waals surface area contributed by atoms with E-state index in [1.807, 2.05) is 17.4 Å². The minimum absolute atomic E-state index is 0.0597. The highest BCUT2D eigenvalue weighted by Crippen LogP contribution is 2.52. The molecule has 0 unspecified atom stereocenters. The maximum Gasteiger partial charge on any atom is 0.136 e. The van der Waals surface area contributed by atoms with Crippen molar-refractivity contribution in [2.24, 2.45) is 0 Å². The first kappa shape index (κ1) is 29.4. The number of hydrogen-bond donors (Lipinski definition) is 0. The minimum atomic E-state index is -0.0597. The summed E-state index contributed by atoms with van der Waals surface area (Å²) in [6.45, 7) is 4.74. The molecule has 1 aliphatic rings. The molecule has 2 heteroatoms. The number of furan rings is 1. The lowest BCUT2D eigenvalue weighted by Crippen LogP contribution is -2.14.